The second kappa shape index (κ2) is 14.3. The molecule has 11 heteroatoms. The van der Waals surface area contributed by atoms with Gasteiger partial charge in [0.25, 0.3) is 0 Å². The summed E-state index contributed by atoms with van der Waals surface area (Å²) in [7, 11) is -6.05. The fourth-order valence-corrected chi connectivity index (χ4v) is 11.0. The second-order valence-electron chi connectivity index (χ2n) is 15.9. The third kappa shape index (κ3) is 6.10. The van der Waals surface area contributed by atoms with Crippen LogP contribution in [0.4, 0.5) is 30.2 Å². The first kappa shape index (κ1) is 38.3. The summed E-state index contributed by atoms with van der Waals surface area (Å²) in [4.78, 5) is 1.87. The van der Waals surface area contributed by atoms with Gasteiger partial charge in [0.05, 0.1) is 11.2 Å². The first-order valence-corrected chi connectivity index (χ1v) is 22.9. The van der Waals surface area contributed by atoms with Crippen LogP contribution in [0.1, 0.15) is 17.7 Å². The zero-order valence-electron chi connectivity index (χ0n) is 33.6. The van der Waals surface area contributed by atoms with Crippen molar-refractivity contribution in [2.45, 2.75) is 18.3 Å². The van der Waals surface area contributed by atoms with Crippen LogP contribution < -0.4 is 9.08 Å². The number of para-hydroxylation sites is 2. The summed E-state index contributed by atoms with van der Waals surface area (Å²) in [6.07, 6.45) is 6.10. The molecule has 312 valence electrons. The lowest BCUT2D eigenvalue weighted by Gasteiger charge is -2.26. The number of alkyl halides is 3. The summed E-state index contributed by atoms with van der Waals surface area (Å²) in [6, 6.07) is 52.9. The molecule has 12 rings (SSSR count). The van der Waals surface area contributed by atoms with Crippen molar-refractivity contribution in [2.24, 2.45) is 0 Å². The smallest absolute Gasteiger partial charge is 0.454 e. The number of halogens is 3. The largest absolute Gasteiger partial charge is 0.534 e. The lowest BCUT2D eigenvalue weighted by molar-refractivity contribution is -0.0500. The highest BCUT2D eigenvalue weighted by molar-refractivity contribution is 7.88. The maximum atomic E-state index is 14.0. The van der Waals surface area contributed by atoms with Crippen molar-refractivity contribution in [3.8, 4) is 22.6 Å². The molecule has 0 spiro atoms. The highest BCUT2D eigenvalue weighted by Gasteiger charge is 2.48. The molecule has 8 aromatic carbocycles. The fourth-order valence-electron chi connectivity index (χ4n) is 9.31. The van der Waals surface area contributed by atoms with Gasteiger partial charge in [-0.25, -0.2) is 0 Å². The van der Waals surface area contributed by atoms with E-state index in [1.165, 1.54) is 33.2 Å². The molecule has 1 aliphatic carbocycles. The Morgan fingerprint density at radius 3 is 2.20 bits per heavy atom. The van der Waals surface area contributed by atoms with Gasteiger partial charge in [0.15, 0.2) is 5.58 Å². The van der Waals surface area contributed by atoms with Gasteiger partial charge < -0.3 is 18.1 Å². The van der Waals surface area contributed by atoms with Crippen LogP contribution in [0.2, 0.25) is 0 Å². The van der Waals surface area contributed by atoms with Gasteiger partial charge in [-0.05, 0) is 113 Å². The van der Waals surface area contributed by atoms with E-state index < -0.39 is 21.4 Å². The number of aromatic nitrogens is 1. The molecule has 0 unspecified atom stereocenters. The Morgan fingerprint density at radius 2 is 1.39 bits per heavy atom. The Balaban J connectivity index is 1.08. The quantitative estimate of drug-likeness (QED) is 0.118. The highest BCUT2D eigenvalue weighted by Crippen LogP contribution is 2.48. The molecular formula is C53H33F3N2O4S2. The molecule has 3 heterocycles. The normalized spacial score (nSPS) is 13.2. The van der Waals surface area contributed by atoms with Crippen molar-refractivity contribution in [3.05, 3.63) is 181 Å². The lowest BCUT2D eigenvalue weighted by atomic mass is 9.99. The van der Waals surface area contributed by atoms with Crippen LogP contribution in [0.15, 0.2) is 174 Å². The Morgan fingerprint density at radius 1 is 0.656 bits per heavy atom. The van der Waals surface area contributed by atoms with E-state index in [-0.39, 0.29) is 5.69 Å². The predicted octanol–water partition coefficient (Wildman–Crippen LogP) is 15.4. The Bertz CT molecular complexity index is 3830. The molecule has 64 heavy (non-hydrogen) atoms. The van der Waals surface area contributed by atoms with Crippen molar-refractivity contribution < 1.29 is 30.2 Å². The Labute approximate surface area is 368 Å². The Kier molecular flexibility index (Phi) is 8.60. The zero-order chi connectivity index (χ0) is 43.3. The molecule has 0 saturated carbocycles. The summed E-state index contributed by atoms with van der Waals surface area (Å²) >= 11 is 1.75. The summed E-state index contributed by atoms with van der Waals surface area (Å²) in [6.45, 7) is 0. The van der Waals surface area contributed by atoms with Gasteiger partial charge in [0.1, 0.15) is 11.3 Å². The van der Waals surface area contributed by atoms with E-state index in [9.17, 15) is 21.6 Å². The number of nitrogens with zero attached hydrogens (tertiary/aromatic N) is 2. The molecule has 0 N–H and O–H groups in total. The second-order valence-corrected chi connectivity index (χ2v) is 18.5. The molecule has 1 aliphatic rings. The topological polar surface area (TPSA) is 64.7 Å². The van der Waals surface area contributed by atoms with Gasteiger partial charge >= 0.3 is 15.6 Å². The average Bonchev–Trinajstić information content (AvgIpc) is 3.98. The monoisotopic (exact) mass is 882 g/mol. The summed E-state index contributed by atoms with van der Waals surface area (Å²) < 4.78 is 83.6. The van der Waals surface area contributed by atoms with Crippen molar-refractivity contribution >= 4 is 108 Å². The number of thiophene rings is 1. The van der Waals surface area contributed by atoms with Crippen molar-refractivity contribution in [1.82, 2.24) is 4.57 Å². The van der Waals surface area contributed by atoms with Crippen LogP contribution in [0.3, 0.4) is 0 Å². The number of rotatable bonds is 7. The van der Waals surface area contributed by atoms with E-state index in [0.29, 0.717) is 33.3 Å². The number of aryl methyl sites for hydroxylation is 1. The van der Waals surface area contributed by atoms with Crippen LogP contribution >= 0.6 is 11.3 Å². The number of fused-ring (bicyclic) bond motifs is 11. The number of hydrogen-bond acceptors (Lipinski definition) is 6. The Hall–Kier alpha value is -7.34. The van der Waals surface area contributed by atoms with Gasteiger partial charge in [-0.2, -0.15) is 21.6 Å². The van der Waals surface area contributed by atoms with Crippen molar-refractivity contribution in [2.75, 3.05) is 4.90 Å². The molecular weight excluding hydrogens is 850 g/mol. The zero-order valence-corrected chi connectivity index (χ0v) is 35.3. The molecule has 6 nitrogen and oxygen atoms in total. The number of allylic oxidation sites excluding steroid dienone is 1. The van der Waals surface area contributed by atoms with E-state index in [1.54, 1.807) is 11.3 Å². The lowest BCUT2D eigenvalue weighted by Crippen LogP contribution is -2.28. The third-order valence-corrected chi connectivity index (χ3v) is 14.4. The standard InChI is InChI=1S/C53H33F3N2O4S2/c54-53(55,56)64(59,60)62-38-30-45-43-27-33(34-21-26-50-44(28-34)42-23-19-32-11-7-8-16-39(32)52(42)63-50)20-25-49(43)61-51(45)48(31-38)57(35-12-3-1-4-13-35)37-22-24-41-40-17-9-10-18-46(40)58(47(41)29-37)36-14-5-2-6-15-36/h1-8,10-16,18-31H,9,17H2. The predicted molar refractivity (Wildman–Crippen MR) is 254 cm³/mol. The number of anilines is 3. The minimum Gasteiger partial charge on any atom is -0.454 e. The maximum Gasteiger partial charge on any atom is 0.534 e. The van der Waals surface area contributed by atoms with Crippen LogP contribution in [0.5, 0.6) is 5.75 Å². The summed E-state index contributed by atoms with van der Waals surface area (Å²) in [5, 5.41) is 6.67. The number of hydrogen-bond donors (Lipinski definition) is 0. The molecule has 0 fully saturated rings. The van der Waals surface area contributed by atoms with Crippen LogP contribution in [-0.2, 0) is 16.5 Å². The fraction of sp³-hybridized carbons (Fsp3) is 0.0566. The summed E-state index contributed by atoms with van der Waals surface area (Å²) in [5.41, 5.74) is 2.74. The third-order valence-electron chi connectivity index (χ3n) is 12.2. The van der Waals surface area contributed by atoms with E-state index in [2.05, 4.69) is 83.4 Å². The van der Waals surface area contributed by atoms with E-state index >= 15 is 0 Å². The SMILES string of the molecule is O=S(=O)(Oc1cc(N(c2ccccc2)c2ccc3c4c(n(-c5ccccc5)c3c2)C=CCC4)c2oc3ccc(-c4ccc5sc6c7ccccc7ccc6c5c4)cc3c2c1)C(F)(F)F. The molecule has 0 radical (unpaired) electrons. The van der Waals surface area contributed by atoms with Crippen molar-refractivity contribution in [3.63, 3.8) is 0 Å². The molecule has 3 aromatic heterocycles. The number of benzene rings is 8. The van der Waals surface area contributed by atoms with Gasteiger partial charge in [-0.1, -0.05) is 97.1 Å². The van der Waals surface area contributed by atoms with E-state index in [0.717, 1.165) is 61.7 Å². The molecule has 0 saturated heterocycles. The van der Waals surface area contributed by atoms with Gasteiger partial charge in [-0.15, -0.1) is 11.3 Å². The minimum absolute atomic E-state index is 0.286. The summed E-state index contributed by atoms with van der Waals surface area (Å²) in [5.74, 6) is -0.512. The maximum absolute atomic E-state index is 14.0. The minimum atomic E-state index is -6.05. The first-order chi connectivity index (χ1) is 31.1. The van der Waals surface area contributed by atoms with Crippen LogP contribution in [0.25, 0.3) is 86.7 Å². The molecule has 11 aromatic rings. The molecule has 0 amide bonds. The molecule has 0 aliphatic heterocycles. The van der Waals surface area contributed by atoms with Crippen molar-refractivity contribution in [1.29, 1.82) is 0 Å². The highest BCUT2D eigenvalue weighted by atomic mass is 32.2. The van der Waals surface area contributed by atoms with Crippen LogP contribution in [0, 0.1) is 0 Å². The van der Waals surface area contributed by atoms with Gasteiger partial charge in [0.2, 0.25) is 0 Å². The van der Waals surface area contributed by atoms with Crippen LogP contribution in [-0.4, -0.2) is 18.5 Å². The molecule has 0 atom stereocenters. The van der Waals surface area contributed by atoms with Gasteiger partial charge in [-0.3, -0.25) is 0 Å². The number of furan rings is 1. The first-order valence-electron chi connectivity index (χ1n) is 20.7. The molecule has 0 bridgehead atoms. The van der Waals surface area contributed by atoms with Gasteiger partial charge in [0, 0.05) is 65.2 Å². The average molecular weight is 883 g/mol. The van der Waals surface area contributed by atoms with E-state index in [1.807, 2.05) is 89.8 Å². The van der Waals surface area contributed by atoms with E-state index in [4.69, 9.17) is 8.60 Å².